The van der Waals surface area contributed by atoms with Crippen LogP contribution < -0.4 is 0 Å². The van der Waals surface area contributed by atoms with E-state index < -0.39 is 5.82 Å². The minimum Gasteiger partial charge on any atom is -0.327 e. The number of amides is 1. The van der Waals surface area contributed by atoms with Gasteiger partial charge >= 0.3 is 0 Å². The van der Waals surface area contributed by atoms with E-state index in [1.807, 2.05) is 0 Å². The molecule has 0 bridgehead atoms. The Bertz CT molecular complexity index is 505. The lowest BCUT2D eigenvalue weighted by Crippen LogP contribution is -2.33. The Morgan fingerprint density at radius 1 is 1.56 bits per heavy atom. The summed E-state index contributed by atoms with van der Waals surface area (Å²) in [4.78, 5) is 13.7. The van der Waals surface area contributed by atoms with Crippen LogP contribution in [-0.4, -0.2) is 23.9 Å². The molecule has 0 N–H and O–H groups in total. The Labute approximate surface area is 111 Å². The number of rotatable bonds is 4. The van der Waals surface area contributed by atoms with Crippen LogP contribution in [-0.2, 0) is 0 Å². The molecule has 2 nitrogen and oxygen atoms in total. The molecule has 1 aliphatic carbocycles. The van der Waals surface area contributed by atoms with E-state index in [0.29, 0.717) is 12.5 Å². The fourth-order valence-corrected chi connectivity index (χ4v) is 1.96. The van der Waals surface area contributed by atoms with Crippen LogP contribution in [0.15, 0.2) is 18.2 Å². The van der Waals surface area contributed by atoms with Gasteiger partial charge in [0.2, 0.25) is 0 Å². The van der Waals surface area contributed by atoms with E-state index in [9.17, 15) is 9.18 Å². The molecular formula is C14H13ClFNO. The van der Waals surface area contributed by atoms with Crippen LogP contribution in [0.5, 0.6) is 0 Å². The lowest BCUT2D eigenvalue weighted by Gasteiger charge is -2.20. The lowest BCUT2D eigenvalue weighted by molar-refractivity contribution is 0.0765. The van der Waals surface area contributed by atoms with Crippen molar-refractivity contribution in [3.05, 3.63) is 34.6 Å². The molecule has 0 spiro atoms. The van der Waals surface area contributed by atoms with Crippen LogP contribution in [0.3, 0.4) is 0 Å². The monoisotopic (exact) mass is 265 g/mol. The van der Waals surface area contributed by atoms with Crippen molar-refractivity contribution in [2.45, 2.75) is 12.8 Å². The molecule has 0 saturated heterocycles. The zero-order valence-corrected chi connectivity index (χ0v) is 10.6. The largest absolute Gasteiger partial charge is 0.327 e. The molecule has 0 unspecified atom stereocenters. The Morgan fingerprint density at radius 3 is 2.89 bits per heavy atom. The fourth-order valence-electron chi connectivity index (χ4n) is 1.78. The second-order valence-corrected chi connectivity index (χ2v) is 4.84. The van der Waals surface area contributed by atoms with E-state index in [0.717, 1.165) is 12.8 Å². The van der Waals surface area contributed by atoms with Gasteiger partial charge in [0.05, 0.1) is 17.1 Å². The zero-order chi connectivity index (χ0) is 13.1. The van der Waals surface area contributed by atoms with Crippen molar-refractivity contribution in [3.63, 3.8) is 0 Å². The Balaban J connectivity index is 2.21. The number of hydrogen-bond donors (Lipinski definition) is 0. The summed E-state index contributed by atoms with van der Waals surface area (Å²) in [5.41, 5.74) is -0.0154. The first-order valence-electron chi connectivity index (χ1n) is 5.80. The van der Waals surface area contributed by atoms with Gasteiger partial charge in [-0.3, -0.25) is 4.79 Å². The van der Waals surface area contributed by atoms with Crippen LogP contribution in [0.1, 0.15) is 23.2 Å². The van der Waals surface area contributed by atoms with Gasteiger partial charge in [-0.05, 0) is 30.9 Å². The number of hydrogen-bond acceptors (Lipinski definition) is 1. The van der Waals surface area contributed by atoms with E-state index in [1.54, 1.807) is 6.07 Å². The third-order valence-corrected chi connectivity index (χ3v) is 3.22. The molecule has 0 heterocycles. The molecule has 2 rings (SSSR count). The normalized spacial score (nSPS) is 14.1. The van der Waals surface area contributed by atoms with Crippen molar-refractivity contribution in [2.24, 2.45) is 5.92 Å². The smallest absolute Gasteiger partial charge is 0.257 e. The quantitative estimate of drug-likeness (QED) is 0.767. The Morgan fingerprint density at radius 2 is 2.28 bits per heavy atom. The fraction of sp³-hybridized carbons (Fsp3) is 0.357. The number of terminal acetylenes is 1. The number of benzene rings is 1. The number of nitrogens with zero attached hydrogens (tertiary/aromatic N) is 1. The van der Waals surface area contributed by atoms with Gasteiger partial charge in [-0.1, -0.05) is 23.6 Å². The molecule has 1 fully saturated rings. The topological polar surface area (TPSA) is 20.3 Å². The molecule has 18 heavy (non-hydrogen) atoms. The van der Waals surface area contributed by atoms with Gasteiger partial charge < -0.3 is 4.90 Å². The second-order valence-electron chi connectivity index (χ2n) is 4.43. The average Bonchev–Trinajstić information content (AvgIpc) is 3.15. The van der Waals surface area contributed by atoms with Crippen LogP contribution in [0.2, 0.25) is 5.02 Å². The van der Waals surface area contributed by atoms with Crippen molar-refractivity contribution < 1.29 is 9.18 Å². The molecule has 0 aromatic heterocycles. The summed E-state index contributed by atoms with van der Waals surface area (Å²) in [6, 6.07) is 4.41. The summed E-state index contributed by atoms with van der Waals surface area (Å²) < 4.78 is 13.8. The highest BCUT2D eigenvalue weighted by Gasteiger charge is 2.28. The van der Waals surface area contributed by atoms with E-state index in [1.165, 1.54) is 17.0 Å². The molecule has 0 aliphatic heterocycles. The summed E-state index contributed by atoms with van der Waals surface area (Å²) in [6.07, 6.45) is 7.45. The summed E-state index contributed by atoms with van der Waals surface area (Å²) in [5, 5.41) is -0.0482. The maximum absolute atomic E-state index is 13.8. The predicted octanol–water partition coefficient (Wildman–Crippen LogP) is 2.96. The molecular weight excluding hydrogens is 253 g/mol. The highest BCUT2D eigenvalue weighted by atomic mass is 35.5. The van der Waals surface area contributed by atoms with Crippen molar-refractivity contribution in [3.8, 4) is 12.3 Å². The minimum absolute atomic E-state index is 0.0154. The molecule has 4 heteroatoms. The van der Waals surface area contributed by atoms with Crippen molar-refractivity contribution in [1.29, 1.82) is 0 Å². The van der Waals surface area contributed by atoms with Gasteiger partial charge in [-0.15, -0.1) is 6.42 Å². The summed E-state index contributed by atoms with van der Waals surface area (Å²) >= 11 is 5.67. The molecule has 1 aromatic rings. The van der Waals surface area contributed by atoms with Crippen LogP contribution in [0, 0.1) is 24.1 Å². The first kappa shape index (κ1) is 12.9. The van der Waals surface area contributed by atoms with Gasteiger partial charge in [0.1, 0.15) is 0 Å². The molecule has 94 valence electrons. The summed E-state index contributed by atoms with van der Waals surface area (Å²) in [7, 11) is 0. The number of carbonyl (C=O) groups is 1. The Kier molecular flexibility index (Phi) is 3.88. The maximum atomic E-state index is 13.8. The standard InChI is InChI=1S/C14H13ClFNO/c1-2-8-17(9-10-6-7-10)14(18)11-4-3-5-12(15)13(11)16/h1,3-5,10H,6-9H2. The third-order valence-electron chi connectivity index (χ3n) is 2.93. The third kappa shape index (κ3) is 2.83. The lowest BCUT2D eigenvalue weighted by atomic mass is 10.1. The van der Waals surface area contributed by atoms with Crippen molar-refractivity contribution >= 4 is 17.5 Å². The summed E-state index contributed by atoms with van der Waals surface area (Å²) in [5.74, 6) is 1.87. The Hall–Kier alpha value is -1.53. The second kappa shape index (κ2) is 5.41. The number of carbonyl (C=O) groups excluding carboxylic acids is 1. The van der Waals surface area contributed by atoms with Crippen LogP contribution >= 0.6 is 11.6 Å². The zero-order valence-electron chi connectivity index (χ0n) is 9.83. The molecule has 1 aromatic carbocycles. The SMILES string of the molecule is C#CCN(CC1CC1)C(=O)c1cccc(Cl)c1F. The minimum atomic E-state index is -0.679. The molecule has 0 atom stereocenters. The number of halogens is 2. The molecule has 1 saturated carbocycles. The maximum Gasteiger partial charge on any atom is 0.257 e. The molecule has 0 radical (unpaired) electrons. The van der Waals surface area contributed by atoms with Gasteiger partial charge in [0.25, 0.3) is 5.91 Å². The average molecular weight is 266 g/mol. The first-order valence-corrected chi connectivity index (χ1v) is 6.18. The van der Waals surface area contributed by atoms with Crippen LogP contribution in [0.25, 0.3) is 0 Å². The van der Waals surface area contributed by atoms with Gasteiger partial charge in [0, 0.05) is 6.54 Å². The van der Waals surface area contributed by atoms with Gasteiger partial charge in [-0.2, -0.15) is 0 Å². The first-order chi connectivity index (χ1) is 8.63. The highest BCUT2D eigenvalue weighted by Crippen LogP contribution is 2.30. The molecule has 1 amide bonds. The van der Waals surface area contributed by atoms with Gasteiger partial charge in [-0.25, -0.2) is 4.39 Å². The molecule has 1 aliphatic rings. The van der Waals surface area contributed by atoms with E-state index in [4.69, 9.17) is 18.0 Å². The van der Waals surface area contributed by atoms with Crippen molar-refractivity contribution in [2.75, 3.05) is 13.1 Å². The highest BCUT2D eigenvalue weighted by molar-refractivity contribution is 6.31. The van der Waals surface area contributed by atoms with Gasteiger partial charge in [0.15, 0.2) is 5.82 Å². The van der Waals surface area contributed by atoms with E-state index in [-0.39, 0.29) is 23.0 Å². The van der Waals surface area contributed by atoms with Crippen molar-refractivity contribution in [1.82, 2.24) is 4.90 Å². The predicted molar refractivity (Wildman–Crippen MR) is 68.9 cm³/mol. The van der Waals surface area contributed by atoms with E-state index in [2.05, 4.69) is 5.92 Å². The van der Waals surface area contributed by atoms with E-state index >= 15 is 0 Å². The van der Waals surface area contributed by atoms with Crippen LogP contribution in [0.4, 0.5) is 4.39 Å². The summed E-state index contributed by atoms with van der Waals surface area (Å²) in [6.45, 7) is 0.788.